The second kappa shape index (κ2) is 5.02. The van der Waals surface area contributed by atoms with E-state index in [1.165, 1.54) is 12.1 Å². The van der Waals surface area contributed by atoms with E-state index in [1.54, 1.807) is 12.1 Å². The van der Waals surface area contributed by atoms with Crippen LogP contribution in [0.25, 0.3) is 0 Å². The third-order valence-electron chi connectivity index (χ3n) is 1.66. The average Bonchev–Trinajstić information content (AvgIpc) is 2.03. The van der Waals surface area contributed by atoms with Gasteiger partial charge in [-0.05, 0) is 24.9 Å². The van der Waals surface area contributed by atoms with Crippen LogP contribution in [0.2, 0.25) is 0 Å². The van der Waals surface area contributed by atoms with Gasteiger partial charge in [0, 0.05) is 0 Å². The van der Waals surface area contributed by atoms with Crippen LogP contribution in [0.5, 0.6) is 0 Å². The summed E-state index contributed by atoms with van der Waals surface area (Å²) in [5.41, 5.74) is 1.02. The normalized spacial score (nSPS) is 10.7. The minimum atomic E-state index is -4.55. The molecular weight excluding hydrogens is 240 g/mol. The first-order chi connectivity index (χ1) is 5.54. The molecule has 0 fully saturated rings. The summed E-state index contributed by atoms with van der Waals surface area (Å²) >= 11 is 0. The van der Waals surface area contributed by atoms with Crippen molar-refractivity contribution >= 4 is 12.9 Å². The molecular formula is C8H9O3PZn. The maximum absolute atomic E-state index is 10.5. The Morgan fingerprint density at radius 1 is 1.23 bits per heavy atom. The molecule has 0 spiro atoms. The van der Waals surface area contributed by atoms with Crippen LogP contribution in [-0.2, 0) is 30.5 Å². The molecule has 0 amide bonds. The minimum Gasteiger partial charge on any atom is -0.807 e. The van der Waals surface area contributed by atoms with Crippen molar-refractivity contribution in [1.29, 1.82) is 0 Å². The van der Waals surface area contributed by atoms with E-state index in [9.17, 15) is 14.4 Å². The molecule has 1 rings (SSSR count). The van der Waals surface area contributed by atoms with E-state index in [0.29, 0.717) is 0 Å². The van der Waals surface area contributed by atoms with Crippen molar-refractivity contribution in [3.63, 3.8) is 0 Å². The van der Waals surface area contributed by atoms with Crippen LogP contribution in [0, 0.1) is 0 Å². The zero-order valence-corrected chi connectivity index (χ0v) is 11.3. The Bertz CT molecular complexity index is 304. The van der Waals surface area contributed by atoms with Crippen LogP contribution in [0.3, 0.4) is 0 Å². The molecule has 1 aromatic rings. The first-order valence-electron chi connectivity index (χ1n) is 3.65. The number of rotatable bonds is 2. The Hall–Kier alpha value is -0.00662. The van der Waals surface area contributed by atoms with Crippen molar-refractivity contribution in [2.24, 2.45) is 0 Å². The first-order valence-corrected chi connectivity index (χ1v) is 5.20. The molecule has 0 aromatic heterocycles. The van der Waals surface area contributed by atoms with Crippen molar-refractivity contribution in [3.8, 4) is 0 Å². The minimum absolute atomic E-state index is 0. The standard InChI is InChI=1S/C8H11O3P.Zn/c1-2-7-3-5-8(6-4-7)12(9,10)11;/h3-6H,2H2,1H3,(H2,9,10,11);/q;+2/p-2. The summed E-state index contributed by atoms with van der Waals surface area (Å²) in [5.74, 6) is 0. The number of hydrogen-bond donors (Lipinski definition) is 0. The molecule has 5 heteroatoms. The van der Waals surface area contributed by atoms with Gasteiger partial charge in [-0.3, -0.25) is 0 Å². The molecule has 0 radical (unpaired) electrons. The van der Waals surface area contributed by atoms with E-state index < -0.39 is 7.60 Å². The van der Waals surface area contributed by atoms with Gasteiger partial charge in [0.05, 0.1) is 0 Å². The molecule has 0 aliphatic heterocycles. The molecule has 0 aliphatic rings. The summed E-state index contributed by atoms with van der Waals surface area (Å²) in [6, 6.07) is 5.99. The monoisotopic (exact) mass is 248 g/mol. The topological polar surface area (TPSA) is 63.2 Å². The van der Waals surface area contributed by atoms with Gasteiger partial charge in [-0.15, -0.1) is 0 Å². The molecule has 66 valence electrons. The van der Waals surface area contributed by atoms with Crippen LogP contribution < -0.4 is 15.1 Å². The van der Waals surface area contributed by atoms with Gasteiger partial charge in [-0.25, -0.2) is 0 Å². The molecule has 0 bridgehead atoms. The second-order valence-electron chi connectivity index (χ2n) is 2.52. The quantitative estimate of drug-likeness (QED) is 0.538. The largest absolute Gasteiger partial charge is 2.00 e. The fraction of sp³-hybridized carbons (Fsp3) is 0.250. The van der Waals surface area contributed by atoms with E-state index in [1.807, 2.05) is 6.92 Å². The summed E-state index contributed by atoms with van der Waals surface area (Å²) < 4.78 is 10.5. The summed E-state index contributed by atoms with van der Waals surface area (Å²) in [6.07, 6.45) is 0.836. The smallest absolute Gasteiger partial charge is 0.807 e. The van der Waals surface area contributed by atoms with Gasteiger partial charge in [0.2, 0.25) is 0 Å². The fourth-order valence-corrected chi connectivity index (χ4v) is 1.43. The van der Waals surface area contributed by atoms with Gasteiger partial charge in [-0.2, -0.15) is 0 Å². The molecule has 3 nitrogen and oxygen atoms in total. The molecule has 13 heavy (non-hydrogen) atoms. The zero-order valence-electron chi connectivity index (χ0n) is 7.40. The van der Waals surface area contributed by atoms with Crippen molar-refractivity contribution in [2.45, 2.75) is 13.3 Å². The molecule has 0 saturated carbocycles. The van der Waals surface area contributed by atoms with Crippen LogP contribution in [0.15, 0.2) is 24.3 Å². The molecule has 0 heterocycles. The molecule has 0 N–H and O–H groups in total. The summed E-state index contributed by atoms with van der Waals surface area (Å²) in [7, 11) is -4.55. The number of aryl methyl sites for hydroxylation is 1. The van der Waals surface area contributed by atoms with Crippen LogP contribution in [0.4, 0.5) is 0 Å². The van der Waals surface area contributed by atoms with Crippen LogP contribution in [0.1, 0.15) is 12.5 Å². The van der Waals surface area contributed by atoms with Crippen molar-refractivity contribution in [2.75, 3.05) is 0 Å². The Balaban J connectivity index is 0.00000144. The Morgan fingerprint density at radius 2 is 1.69 bits per heavy atom. The van der Waals surface area contributed by atoms with Gasteiger partial charge in [0.15, 0.2) is 0 Å². The van der Waals surface area contributed by atoms with Crippen LogP contribution >= 0.6 is 7.60 Å². The average molecular weight is 250 g/mol. The number of hydrogen-bond acceptors (Lipinski definition) is 3. The SMILES string of the molecule is CCc1ccc(P(=O)([O-])[O-])cc1.[Zn+2]. The van der Waals surface area contributed by atoms with Gasteiger partial charge in [0.1, 0.15) is 0 Å². The first kappa shape index (κ1) is 13.0. The Labute approximate surface area is 90.1 Å². The molecule has 0 unspecified atom stereocenters. The van der Waals surface area contributed by atoms with E-state index >= 15 is 0 Å². The maximum Gasteiger partial charge on any atom is 2.00 e. The van der Waals surface area contributed by atoms with Gasteiger partial charge in [0.25, 0.3) is 0 Å². The Morgan fingerprint density at radius 3 is 2.00 bits per heavy atom. The van der Waals surface area contributed by atoms with E-state index in [4.69, 9.17) is 0 Å². The Kier molecular flexibility index (Phi) is 5.02. The molecule has 1 aromatic carbocycles. The van der Waals surface area contributed by atoms with Gasteiger partial charge < -0.3 is 14.4 Å². The van der Waals surface area contributed by atoms with Crippen LogP contribution in [-0.4, -0.2) is 0 Å². The fourth-order valence-electron chi connectivity index (χ4n) is 0.914. The molecule has 0 atom stereocenters. The van der Waals surface area contributed by atoms with Crippen molar-refractivity contribution in [3.05, 3.63) is 29.8 Å². The van der Waals surface area contributed by atoms with Crippen molar-refractivity contribution < 1.29 is 33.8 Å². The van der Waals surface area contributed by atoms with E-state index in [0.717, 1.165) is 12.0 Å². The van der Waals surface area contributed by atoms with Gasteiger partial charge >= 0.3 is 19.5 Å². The third kappa shape index (κ3) is 3.70. The molecule has 0 saturated heterocycles. The van der Waals surface area contributed by atoms with E-state index in [2.05, 4.69) is 0 Å². The zero-order chi connectivity index (χ0) is 9.19. The predicted molar refractivity (Wildman–Crippen MR) is 43.1 cm³/mol. The third-order valence-corrected chi connectivity index (χ3v) is 2.59. The van der Waals surface area contributed by atoms with E-state index in [-0.39, 0.29) is 24.8 Å². The van der Waals surface area contributed by atoms with Crippen molar-refractivity contribution in [1.82, 2.24) is 0 Å². The molecule has 0 aliphatic carbocycles. The number of benzene rings is 1. The van der Waals surface area contributed by atoms with Gasteiger partial charge in [-0.1, -0.05) is 31.2 Å². The predicted octanol–water partition coefficient (Wildman–Crippen LogP) is -0.215. The summed E-state index contributed by atoms with van der Waals surface area (Å²) in [4.78, 5) is 21.0. The summed E-state index contributed by atoms with van der Waals surface area (Å²) in [5, 5.41) is -0.139. The second-order valence-corrected chi connectivity index (χ2v) is 4.03. The summed E-state index contributed by atoms with van der Waals surface area (Å²) in [6.45, 7) is 1.96. The maximum atomic E-state index is 10.5.